The number of ether oxygens (including phenoxy) is 1. The Morgan fingerprint density at radius 3 is 2.65 bits per heavy atom. The van der Waals surface area contributed by atoms with Gasteiger partial charge in [0.25, 0.3) is 0 Å². The fourth-order valence-corrected chi connectivity index (χ4v) is 8.06. The standard InChI is InChI=1S/C35H46N6O4S/c1-8-27-22-40(46(43,44)30-12-10-19-37-34(30)45-27)21-26-20-25(15-14-23(26)3)32(35(5,6)31(42)13-11-18-36-7)28-16-17-29-33(24(28)4)38-39-41(29)9-2/h10,12,14-17,19-20,27,32,36H,8-9,11,13,18,21-22H2,1-7H3/t27-,32+/m1/s1. The molecule has 0 unspecified atom stereocenters. The van der Waals surface area contributed by atoms with Gasteiger partial charge < -0.3 is 10.1 Å². The van der Waals surface area contributed by atoms with Gasteiger partial charge in [-0.1, -0.05) is 50.3 Å². The molecule has 3 heterocycles. The summed E-state index contributed by atoms with van der Waals surface area (Å²) in [4.78, 5) is 18.3. The van der Waals surface area contributed by atoms with Gasteiger partial charge in [-0.05, 0) is 93.2 Å². The molecule has 0 fully saturated rings. The monoisotopic (exact) mass is 646 g/mol. The molecule has 1 aliphatic rings. The molecule has 1 aliphatic heterocycles. The van der Waals surface area contributed by atoms with Crippen LogP contribution in [0.2, 0.25) is 0 Å². The lowest BCUT2D eigenvalue weighted by Crippen LogP contribution is -2.36. The highest BCUT2D eigenvalue weighted by molar-refractivity contribution is 7.89. The van der Waals surface area contributed by atoms with Crippen molar-refractivity contribution < 1.29 is 17.9 Å². The Kier molecular flexibility index (Phi) is 9.95. The van der Waals surface area contributed by atoms with Gasteiger partial charge in [0.1, 0.15) is 22.3 Å². The number of sulfonamides is 1. The van der Waals surface area contributed by atoms with Gasteiger partial charge in [-0.25, -0.2) is 18.1 Å². The van der Waals surface area contributed by atoms with Crippen LogP contribution >= 0.6 is 0 Å². The molecule has 0 saturated carbocycles. The zero-order valence-corrected chi connectivity index (χ0v) is 28.8. The number of hydrogen-bond donors (Lipinski definition) is 1. The summed E-state index contributed by atoms with van der Waals surface area (Å²) >= 11 is 0. The molecule has 0 aliphatic carbocycles. The van der Waals surface area contributed by atoms with Crippen LogP contribution in [0.15, 0.2) is 53.6 Å². The summed E-state index contributed by atoms with van der Waals surface area (Å²) in [5, 5.41) is 12.0. The highest BCUT2D eigenvalue weighted by Crippen LogP contribution is 2.45. The molecule has 5 rings (SSSR count). The lowest BCUT2D eigenvalue weighted by molar-refractivity contribution is -0.127. The molecule has 10 nitrogen and oxygen atoms in total. The number of carbonyl (C=O) groups is 1. The van der Waals surface area contributed by atoms with Crippen molar-refractivity contribution in [1.29, 1.82) is 0 Å². The van der Waals surface area contributed by atoms with Gasteiger partial charge in [-0.15, -0.1) is 5.10 Å². The molecule has 4 aromatic rings. The summed E-state index contributed by atoms with van der Waals surface area (Å²) in [6.07, 6.45) is 3.05. The average Bonchev–Trinajstić information content (AvgIpc) is 3.42. The first-order chi connectivity index (χ1) is 21.9. The second-order valence-electron chi connectivity index (χ2n) is 12.8. The number of ketones is 1. The molecule has 0 bridgehead atoms. The molecule has 2 aromatic carbocycles. The Hall–Kier alpha value is -3.67. The third kappa shape index (κ3) is 6.32. The first-order valence-corrected chi connectivity index (χ1v) is 17.6. The average molecular weight is 647 g/mol. The molecule has 11 heteroatoms. The number of nitrogens with one attached hydrogen (secondary N) is 1. The minimum absolute atomic E-state index is 0.0787. The summed E-state index contributed by atoms with van der Waals surface area (Å²) in [5.74, 6) is 0.0167. The largest absolute Gasteiger partial charge is 0.472 e. The van der Waals surface area contributed by atoms with Gasteiger partial charge in [0.05, 0.1) is 12.1 Å². The van der Waals surface area contributed by atoms with E-state index in [0.29, 0.717) is 19.4 Å². The van der Waals surface area contributed by atoms with Crippen molar-refractivity contribution in [1.82, 2.24) is 29.6 Å². The smallest absolute Gasteiger partial charge is 0.248 e. The summed E-state index contributed by atoms with van der Waals surface area (Å²) in [5.41, 5.74) is 5.82. The number of rotatable bonds is 12. The van der Waals surface area contributed by atoms with E-state index >= 15 is 0 Å². The molecule has 2 atom stereocenters. The van der Waals surface area contributed by atoms with Crippen LogP contribution in [0.4, 0.5) is 0 Å². The maximum absolute atomic E-state index is 14.0. The Bertz CT molecular complexity index is 1830. The van der Waals surface area contributed by atoms with E-state index in [4.69, 9.17) is 4.74 Å². The van der Waals surface area contributed by atoms with Gasteiger partial charge in [0, 0.05) is 37.0 Å². The van der Waals surface area contributed by atoms with Gasteiger partial charge in [0.2, 0.25) is 15.9 Å². The van der Waals surface area contributed by atoms with Crippen LogP contribution in [0.3, 0.4) is 0 Å². The Balaban J connectivity index is 1.61. The summed E-state index contributed by atoms with van der Waals surface area (Å²) < 4.78 is 37.3. The second-order valence-corrected chi connectivity index (χ2v) is 14.7. The molecule has 0 amide bonds. The van der Waals surface area contributed by atoms with E-state index in [1.54, 1.807) is 18.3 Å². The molecule has 2 aromatic heterocycles. The fraction of sp³-hybridized carbons (Fsp3) is 0.486. The molecule has 1 N–H and O–H groups in total. The second kappa shape index (κ2) is 13.6. The van der Waals surface area contributed by atoms with E-state index in [1.165, 1.54) is 4.31 Å². The Morgan fingerprint density at radius 1 is 1.15 bits per heavy atom. The SMILES string of the molecule is CC[C@@H]1CN(Cc2cc([C@@H](c3ccc4c(nnn4CC)c3C)C(C)(C)C(=O)CCCNC)ccc2C)S(=O)(=O)c2cccnc2O1. The summed E-state index contributed by atoms with van der Waals surface area (Å²) in [6, 6.07) is 13.5. The molecular weight excluding hydrogens is 600 g/mol. The van der Waals surface area contributed by atoms with Crippen molar-refractivity contribution >= 4 is 26.8 Å². The molecule has 0 spiro atoms. The zero-order valence-electron chi connectivity index (χ0n) is 28.0. The van der Waals surface area contributed by atoms with Gasteiger partial charge in [-0.3, -0.25) is 4.79 Å². The van der Waals surface area contributed by atoms with Crippen LogP contribution in [0.25, 0.3) is 11.0 Å². The first kappa shape index (κ1) is 33.7. The quantitative estimate of drug-likeness (QED) is 0.199. The van der Waals surface area contributed by atoms with E-state index < -0.39 is 15.4 Å². The van der Waals surface area contributed by atoms with Crippen molar-refractivity contribution in [3.05, 3.63) is 76.5 Å². The molecule has 0 saturated heterocycles. The van der Waals surface area contributed by atoms with E-state index in [1.807, 2.05) is 58.5 Å². The molecule has 0 radical (unpaired) electrons. The number of Topliss-reactive ketones (excluding diaryl/α,β-unsaturated/α-hetero) is 1. The van der Waals surface area contributed by atoms with Crippen molar-refractivity contribution in [2.75, 3.05) is 20.1 Å². The number of aryl methyl sites for hydroxylation is 3. The molecule has 246 valence electrons. The number of aromatic nitrogens is 4. The van der Waals surface area contributed by atoms with Crippen molar-refractivity contribution in [2.45, 2.75) is 90.8 Å². The number of carbonyl (C=O) groups excluding carboxylic acids is 1. The third-order valence-electron chi connectivity index (χ3n) is 9.41. The van der Waals surface area contributed by atoms with Crippen LogP contribution in [0.1, 0.15) is 80.7 Å². The molecular formula is C35H46N6O4S. The number of hydrogen-bond acceptors (Lipinski definition) is 8. The minimum Gasteiger partial charge on any atom is -0.472 e. The van der Waals surface area contributed by atoms with E-state index in [-0.39, 0.29) is 41.7 Å². The highest BCUT2D eigenvalue weighted by atomic mass is 32.2. The first-order valence-electron chi connectivity index (χ1n) is 16.2. The number of fused-ring (bicyclic) bond motifs is 2. The van der Waals surface area contributed by atoms with E-state index in [2.05, 4.69) is 45.7 Å². The van der Waals surface area contributed by atoms with Crippen LogP contribution < -0.4 is 10.1 Å². The Morgan fingerprint density at radius 2 is 1.93 bits per heavy atom. The summed E-state index contributed by atoms with van der Waals surface area (Å²) in [6.45, 7) is 14.0. The summed E-state index contributed by atoms with van der Waals surface area (Å²) in [7, 11) is -1.99. The Labute approximate surface area is 272 Å². The number of benzene rings is 2. The van der Waals surface area contributed by atoms with Crippen LogP contribution in [-0.2, 0) is 27.9 Å². The van der Waals surface area contributed by atoms with Crippen LogP contribution in [-0.4, -0.2) is 64.7 Å². The lowest BCUT2D eigenvalue weighted by Gasteiger charge is -2.35. The van der Waals surface area contributed by atoms with Crippen LogP contribution in [0.5, 0.6) is 5.88 Å². The lowest BCUT2D eigenvalue weighted by atomic mass is 9.67. The van der Waals surface area contributed by atoms with Gasteiger partial charge in [-0.2, -0.15) is 4.31 Å². The third-order valence-corrected chi connectivity index (χ3v) is 11.2. The van der Waals surface area contributed by atoms with E-state index in [9.17, 15) is 13.2 Å². The topological polar surface area (TPSA) is 119 Å². The highest BCUT2D eigenvalue weighted by Gasteiger charge is 2.40. The zero-order chi connectivity index (χ0) is 33.2. The molecule has 46 heavy (non-hydrogen) atoms. The number of nitrogens with zero attached hydrogens (tertiary/aromatic N) is 5. The normalized spacial score (nSPS) is 17.3. The van der Waals surface area contributed by atoms with Crippen molar-refractivity contribution in [2.24, 2.45) is 5.41 Å². The van der Waals surface area contributed by atoms with Crippen molar-refractivity contribution in [3.8, 4) is 5.88 Å². The minimum atomic E-state index is -3.88. The maximum Gasteiger partial charge on any atom is 0.248 e. The van der Waals surface area contributed by atoms with Gasteiger partial charge in [0.15, 0.2) is 0 Å². The van der Waals surface area contributed by atoms with Gasteiger partial charge >= 0.3 is 0 Å². The predicted molar refractivity (Wildman–Crippen MR) is 179 cm³/mol. The fourth-order valence-electron chi connectivity index (χ4n) is 6.54. The van der Waals surface area contributed by atoms with Crippen LogP contribution in [0, 0.1) is 19.3 Å². The predicted octanol–water partition coefficient (Wildman–Crippen LogP) is 5.55. The maximum atomic E-state index is 14.0. The van der Waals surface area contributed by atoms with Crippen molar-refractivity contribution in [3.63, 3.8) is 0 Å². The van der Waals surface area contributed by atoms with E-state index in [0.717, 1.165) is 51.8 Å². The number of pyridine rings is 1.